The molecule has 2 aromatic carbocycles. The van der Waals surface area contributed by atoms with Crippen molar-refractivity contribution in [1.29, 1.82) is 0 Å². The van der Waals surface area contributed by atoms with Gasteiger partial charge in [0, 0.05) is 54.7 Å². The molecule has 2 aliphatic heterocycles. The molecule has 0 radical (unpaired) electrons. The van der Waals surface area contributed by atoms with Crippen LogP contribution in [0.4, 0.5) is 26.2 Å². The van der Waals surface area contributed by atoms with Crippen molar-refractivity contribution in [3.8, 4) is 16.9 Å². The van der Waals surface area contributed by atoms with E-state index in [0.29, 0.717) is 51.5 Å². The number of likely N-dealkylation sites (tertiary alicyclic amines) is 1. The number of nitrogens with zero attached hydrogens (tertiary/aromatic N) is 4. The van der Waals surface area contributed by atoms with E-state index in [0.717, 1.165) is 32.0 Å². The molecule has 0 unspecified atom stereocenters. The molecule has 2 fully saturated rings. The quantitative estimate of drug-likeness (QED) is 0.326. The number of nitrogens with one attached hydrogen (secondary N) is 1. The van der Waals surface area contributed by atoms with Crippen molar-refractivity contribution >= 4 is 40.7 Å². The normalized spacial score (nSPS) is 17.0. The molecule has 1 N–H and O–H groups in total. The van der Waals surface area contributed by atoms with Crippen LogP contribution in [0.3, 0.4) is 0 Å². The van der Waals surface area contributed by atoms with Crippen LogP contribution in [0.2, 0.25) is 10.0 Å². The van der Waals surface area contributed by atoms with Crippen LogP contribution in [-0.2, 0) is 0 Å². The summed E-state index contributed by atoms with van der Waals surface area (Å²) < 4.78 is 34.0. The van der Waals surface area contributed by atoms with Gasteiger partial charge in [0.25, 0.3) is 0 Å². The van der Waals surface area contributed by atoms with E-state index in [2.05, 4.69) is 20.1 Å². The maximum Gasteiger partial charge on any atom is 0.227 e. The summed E-state index contributed by atoms with van der Waals surface area (Å²) in [4.78, 5) is 14.1. The number of aromatic nitrogens is 2. The highest BCUT2D eigenvalue weighted by molar-refractivity contribution is 6.39. The van der Waals surface area contributed by atoms with Crippen molar-refractivity contribution in [1.82, 2.24) is 14.9 Å². The van der Waals surface area contributed by atoms with E-state index in [1.54, 1.807) is 18.3 Å². The molecular weight excluding hydrogens is 531 g/mol. The molecule has 0 saturated carbocycles. The molecule has 3 heterocycles. The van der Waals surface area contributed by atoms with Crippen molar-refractivity contribution in [3.63, 3.8) is 0 Å². The summed E-state index contributed by atoms with van der Waals surface area (Å²) in [5, 5.41) is 3.85. The summed E-state index contributed by atoms with van der Waals surface area (Å²) in [7, 11) is 0. The van der Waals surface area contributed by atoms with Gasteiger partial charge in [-0.3, -0.25) is 0 Å². The van der Waals surface area contributed by atoms with Crippen LogP contribution in [0.1, 0.15) is 39.0 Å². The Balaban J connectivity index is 1.45. The molecule has 2 aliphatic rings. The monoisotopic (exact) mass is 561 g/mol. The molecule has 2 saturated heterocycles. The number of benzene rings is 2. The molecule has 0 bridgehead atoms. The van der Waals surface area contributed by atoms with Gasteiger partial charge in [0.1, 0.15) is 23.2 Å². The van der Waals surface area contributed by atoms with Gasteiger partial charge in [-0.2, -0.15) is 4.98 Å². The fourth-order valence-corrected chi connectivity index (χ4v) is 5.84. The molecule has 202 valence electrons. The minimum absolute atomic E-state index is 0.169. The van der Waals surface area contributed by atoms with Crippen LogP contribution in [0, 0.1) is 11.6 Å². The molecule has 0 aliphatic carbocycles. The Morgan fingerprint density at radius 2 is 1.68 bits per heavy atom. The number of hydrogen-bond acceptors (Lipinski definition) is 6. The third-order valence-corrected chi connectivity index (χ3v) is 7.82. The summed E-state index contributed by atoms with van der Waals surface area (Å²) in [5.41, 5.74) is 0.951. The molecular formula is C28H31Cl2F2N5O. The lowest BCUT2D eigenvalue weighted by molar-refractivity contribution is 0.141. The van der Waals surface area contributed by atoms with Gasteiger partial charge in [-0.05, 0) is 57.8 Å². The van der Waals surface area contributed by atoms with Gasteiger partial charge in [-0.1, -0.05) is 29.6 Å². The lowest BCUT2D eigenvalue weighted by Gasteiger charge is -2.40. The molecule has 0 amide bonds. The van der Waals surface area contributed by atoms with Gasteiger partial charge in [-0.15, -0.1) is 0 Å². The number of ether oxygens (including phenoxy) is 1. The SMILES string of the molecule is CCOc1cc(Cl)c(Nc2nc(N3CCC(N4CCCCC4)CC3)ncc2-c2ccc(F)cc2F)c(Cl)c1. The Labute approximate surface area is 231 Å². The number of halogens is 4. The topological polar surface area (TPSA) is 53.5 Å². The first-order valence-electron chi connectivity index (χ1n) is 13.1. The zero-order valence-electron chi connectivity index (χ0n) is 21.3. The highest BCUT2D eigenvalue weighted by Crippen LogP contribution is 2.39. The summed E-state index contributed by atoms with van der Waals surface area (Å²) in [6.45, 7) is 6.35. The zero-order chi connectivity index (χ0) is 26.6. The first-order chi connectivity index (χ1) is 18.4. The van der Waals surface area contributed by atoms with E-state index in [9.17, 15) is 8.78 Å². The Hall–Kier alpha value is -2.68. The van der Waals surface area contributed by atoms with Crippen LogP contribution in [0.5, 0.6) is 5.75 Å². The minimum atomic E-state index is -0.712. The van der Waals surface area contributed by atoms with Gasteiger partial charge in [-0.25, -0.2) is 13.8 Å². The van der Waals surface area contributed by atoms with Gasteiger partial charge in [0.15, 0.2) is 0 Å². The molecule has 38 heavy (non-hydrogen) atoms. The predicted octanol–water partition coefficient (Wildman–Crippen LogP) is 7.33. The second-order valence-corrected chi connectivity index (χ2v) is 10.5. The van der Waals surface area contributed by atoms with Crippen molar-refractivity contribution in [2.75, 3.05) is 43.0 Å². The van der Waals surface area contributed by atoms with E-state index >= 15 is 0 Å². The van der Waals surface area contributed by atoms with Crippen LogP contribution >= 0.6 is 23.2 Å². The smallest absolute Gasteiger partial charge is 0.227 e. The molecule has 0 spiro atoms. The largest absolute Gasteiger partial charge is 0.494 e. The van der Waals surface area contributed by atoms with E-state index in [-0.39, 0.29) is 5.56 Å². The van der Waals surface area contributed by atoms with Gasteiger partial charge < -0.3 is 19.9 Å². The third kappa shape index (κ3) is 5.98. The molecule has 10 heteroatoms. The standard InChI is InChI=1S/C28H31Cl2F2N5O/c1-2-38-20-15-23(29)26(24(30)16-20)34-27-22(21-7-6-18(31)14-25(21)32)17-33-28(35-27)37-12-8-19(9-13-37)36-10-4-3-5-11-36/h6-7,14-17,19H,2-5,8-13H2,1H3,(H,33,34,35). The van der Waals surface area contributed by atoms with Gasteiger partial charge in [0.05, 0.1) is 22.3 Å². The number of rotatable bonds is 7. The van der Waals surface area contributed by atoms with Crippen molar-refractivity contribution in [2.45, 2.75) is 45.1 Å². The van der Waals surface area contributed by atoms with E-state index in [1.165, 1.54) is 44.5 Å². The average molecular weight is 562 g/mol. The third-order valence-electron chi connectivity index (χ3n) is 7.22. The second kappa shape index (κ2) is 12.0. The Morgan fingerprint density at radius 1 is 0.974 bits per heavy atom. The Bertz CT molecular complexity index is 1260. The highest BCUT2D eigenvalue weighted by atomic mass is 35.5. The zero-order valence-corrected chi connectivity index (χ0v) is 22.8. The predicted molar refractivity (Wildman–Crippen MR) is 149 cm³/mol. The Kier molecular flexibility index (Phi) is 8.51. The van der Waals surface area contributed by atoms with Crippen molar-refractivity contribution in [3.05, 3.63) is 58.2 Å². The lowest BCUT2D eigenvalue weighted by atomic mass is 10.00. The summed E-state index contributed by atoms with van der Waals surface area (Å²) in [6, 6.07) is 7.32. The van der Waals surface area contributed by atoms with Gasteiger partial charge >= 0.3 is 0 Å². The maximum atomic E-state index is 14.8. The lowest BCUT2D eigenvalue weighted by Crippen LogP contribution is -2.47. The highest BCUT2D eigenvalue weighted by Gasteiger charge is 2.27. The summed E-state index contributed by atoms with van der Waals surface area (Å²) in [6.07, 6.45) is 7.51. The fraction of sp³-hybridized carbons (Fsp3) is 0.429. The molecule has 1 aromatic heterocycles. The van der Waals surface area contributed by atoms with Crippen LogP contribution in [0.15, 0.2) is 36.5 Å². The van der Waals surface area contributed by atoms with Crippen LogP contribution < -0.4 is 15.0 Å². The second-order valence-electron chi connectivity index (χ2n) is 9.69. The Morgan fingerprint density at radius 3 is 2.34 bits per heavy atom. The summed E-state index contributed by atoms with van der Waals surface area (Å²) in [5.74, 6) is 0.0292. The number of anilines is 3. The molecule has 6 nitrogen and oxygen atoms in total. The first-order valence-corrected chi connectivity index (χ1v) is 13.9. The average Bonchev–Trinajstić information content (AvgIpc) is 2.92. The first kappa shape index (κ1) is 26.9. The minimum Gasteiger partial charge on any atom is -0.494 e. The fourth-order valence-electron chi connectivity index (χ4n) is 5.28. The van der Waals surface area contributed by atoms with Crippen molar-refractivity contribution in [2.24, 2.45) is 0 Å². The van der Waals surface area contributed by atoms with E-state index in [1.807, 2.05) is 6.92 Å². The molecule has 3 aromatic rings. The molecule has 5 rings (SSSR count). The van der Waals surface area contributed by atoms with Crippen LogP contribution in [-0.4, -0.2) is 53.7 Å². The van der Waals surface area contributed by atoms with Crippen LogP contribution in [0.25, 0.3) is 11.1 Å². The maximum absolute atomic E-state index is 14.8. The number of hydrogen-bond donors (Lipinski definition) is 1. The van der Waals surface area contributed by atoms with E-state index in [4.69, 9.17) is 32.9 Å². The van der Waals surface area contributed by atoms with Gasteiger partial charge in [0.2, 0.25) is 5.95 Å². The van der Waals surface area contributed by atoms with Crippen molar-refractivity contribution < 1.29 is 13.5 Å². The molecule has 0 atom stereocenters. The number of piperidine rings is 2. The van der Waals surface area contributed by atoms with E-state index < -0.39 is 11.6 Å². The summed E-state index contributed by atoms with van der Waals surface area (Å²) >= 11 is 13.1.